The summed E-state index contributed by atoms with van der Waals surface area (Å²) in [6, 6.07) is 9.23. The van der Waals surface area contributed by atoms with Gasteiger partial charge in [-0.1, -0.05) is 6.07 Å². The lowest BCUT2D eigenvalue weighted by Gasteiger charge is -2.20. The molecule has 29 heavy (non-hydrogen) atoms. The Hall–Kier alpha value is -3.16. The number of benzene rings is 3. The molecule has 0 atom stereocenters. The van der Waals surface area contributed by atoms with Crippen molar-refractivity contribution in [3.63, 3.8) is 0 Å². The van der Waals surface area contributed by atoms with Gasteiger partial charge in [0.1, 0.15) is 0 Å². The fourth-order valence-corrected chi connectivity index (χ4v) is 3.82. The zero-order valence-corrected chi connectivity index (χ0v) is 16.4. The monoisotopic (exact) mass is 398 g/mol. The fourth-order valence-electron chi connectivity index (χ4n) is 3.82. The van der Waals surface area contributed by atoms with Crippen molar-refractivity contribution in [1.82, 2.24) is 0 Å². The van der Waals surface area contributed by atoms with Crippen LogP contribution in [0, 0.1) is 0 Å². The minimum atomic E-state index is -0.244. The first-order valence-corrected chi connectivity index (χ1v) is 9.06. The maximum atomic E-state index is 10.1. The fraction of sp³-hybridized carbons (Fsp3) is 0.273. The van der Waals surface area contributed by atoms with E-state index in [1.807, 2.05) is 24.3 Å². The van der Waals surface area contributed by atoms with Crippen LogP contribution < -0.4 is 23.7 Å². The number of aliphatic hydroxyl groups excluding tert-OH is 2. The third-order valence-electron chi connectivity index (χ3n) is 5.14. The molecule has 2 N–H and O–H groups in total. The molecular formula is C22H22O7. The zero-order valence-electron chi connectivity index (χ0n) is 16.4. The number of ether oxygens (including phenoxy) is 5. The summed E-state index contributed by atoms with van der Waals surface area (Å²) in [6.45, 7) is -0.310. The third kappa shape index (κ3) is 2.99. The lowest BCUT2D eigenvalue weighted by atomic mass is 9.89. The molecule has 0 aromatic heterocycles. The molecule has 0 amide bonds. The highest BCUT2D eigenvalue weighted by atomic mass is 16.7. The molecule has 1 aliphatic rings. The van der Waals surface area contributed by atoms with Crippen molar-refractivity contribution in [2.45, 2.75) is 13.2 Å². The Morgan fingerprint density at radius 3 is 2.24 bits per heavy atom. The highest BCUT2D eigenvalue weighted by Crippen LogP contribution is 2.48. The SMILES string of the molecule is COc1cc2c(-c3ccc4c(c3)OCO4)c(CO)c(CO)cc2c(OC)c1OC. The first-order valence-electron chi connectivity index (χ1n) is 9.06. The molecule has 0 radical (unpaired) electrons. The molecule has 152 valence electrons. The van der Waals surface area contributed by atoms with Crippen molar-refractivity contribution in [3.05, 3.63) is 41.5 Å². The molecule has 7 heteroatoms. The van der Waals surface area contributed by atoms with Crippen molar-refractivity contribution < 1.29 is 33.9 Å². The second-order valence-electron chi connectivity index (χ2n) is 6.51. The predicted molar refractivity (Wildman–Crippen MR) is 107 cm³/mol. The minimum Gasteiger partial charge on any atom is -0.493 e. The van der Waals surface area contributed by atoms with Crippen molar-refractivity contribution in [2.24, 2.45) is 0 Å². The molecule has 0 unspecified atom stereocenters. The summed E-state index contributed by atoms with van der Waals surface area (Å²) < 4.78 is 27.6. The van der Waals surface area contributed by atoms with Crippen molar-refractivity contribution in [1.29, 1.82) is 0 Å². The van der Waals surface area contributed by atoms with E-state index in [0.717, 1.165) is 21.9 Å². The molecule has 0 saturated carbocycles. The van der Waals surface area contributed by atoms with Gasteiger partial charge in [-0.3, -0.25) is 0 Å². The van der Waals surface area contributed by atoms with Gasteiger partial charge in [0.25, 0.3) is 0 Å². The largest absolute Gasteiger partial charge is 0.493 e. The van der Waals surface area contributed by atoms with Crippen molar-refractivity contribution in [3.8, 4) is 39.9 Å². The Labute approximate surface area is 168 Å². The molecule has 3 aromatic carbocycles. The topological polar surface area (TPSA) is 86.6 Å². The summed E-state index contributed by atoms with van der Waals surface area (Å²) in [5, 5.41) is 21.6. The van der Waals surface area contributed by atoms with E-state index in [1.54, 1.807) is 27.4 Å². The van der Waals surface area contributed by atoms with Crippen LogP contribution in [0.4, 0.5) is 0 Å². The Kier molecular flexibility index (Phi) is 5.08. The van der Waals surface area contributed by atoms with Gasteiger partial charge in [-0.25, -0.2) is 0 Å². The highest BCUT2D eigenvalue weighted by Gasteiger charge is 2.23. The van der Waals surface area contributed by atoms with Gasteiger partial charge in [0.2, 0.25) is 12.5 Å². The molecule has 0 fully saturated rings. The number of fused-ring (bicyclic) bond motifs is 2. The summed E-state index contributed by atoms with van der Waals surface area (Å²) in [6.07, 6.45) is 0. The van der Waals surface area contributed by atoms with Crippen LogP contribution in [-0.2, 0) is 13.2 Å². The van der Waals surface area contributed by atoms with Crippen LogP contribution in [0.25, 0.3) is 21.9 Å². The third-order valence-corrected chi connectivity index (χ3v) is 5.14. The van der Waals surface area contributed by atoms with Crippen LogP contribution in [-0.4, -0.2) is 38.3 Å². The van der Waals surface area contributed by atoms with Gasteiger partial charge in [-0.15, -0.1) is 0 Å². The standard InChI is InChI=1S/C22H22O7/c1-25-19-8-14-15(21(26-2)22(19)27-3)6-13(9-23)16(10-24)20(14)12-4-5-17-18(7-12)29-11-28-17/h4-8,23-24H,9-11H2,1-3H3. The Bertz CT molecular complexity index is 1070. The van der Waals surface area contributed by atoms with E-state index in [9.17, 15) is 10.2 Å². The van der Waals surface area contributed by atoms with E-state index in [4.69, 9.17) is 23.7 Å². The molecular weight excluding hydrogens is 376 g/mol. The number of aliphatic hydroxyl groups is 2. The minimum absolute atomic E-state index is 0.169. The number of hydrogen-bond acceptors (Lipinski definition) is 7. The van der Waals surface area contributed by atoms with E-state index in [1.165, 1.54) is 0 Å². The molecule has 3 aromatic rings. The average Bonchev–Trinajstić information content (AvgIpc) is 3.23. The van der Waals surface area contributed by atoms with Gasteiger partial charge in [0.05, 0.1) is 34.5 Å². The van der Waals surface area contributed by atoms with Gasteiger partial charge in [0.15, 0.2) is 23.0 Å². The van der Waals surface area contributed by atoms with Crippen LogP contribution in [0.5, 0.6) is 28.7 Å². The van der Waals surface area contributed by atoms with Gasteiger partial charge in [-0.2, -0.15) is 0 Å². The van der Waals surface area contributed by atoms with E-state index in [0.29, 0.717) is 39.9 Å². The van der Waals surface area contributed by atoms with Gasteiger partial charge < -0.3 is 33.9 Å². The normalized spacial score (nSPS) is 12.3. The van der Waals surface area contributed by atoms with E-state index < -0.39 is 0 Å². The summed E-state index contributed by atoms with van der Waals surface area (Å²) in [4.78, 5) is 0. The first kappa shape index (κ1) is 19.2. The number of methoxy groups -OCH3 is 3. The molecule has 1 aliphatic heterocycles. The maximum absolute atomic E-state index is 10.1. The second kappa shape index (κ2) is 7.69. The van der Waals surface area contributed by atoms with Crippen LogP contribution in [0.2, 0.25) is 0 Å². The lowest BCUT2D eigenvalue weighted by Crippen LogP contribution is -2.02. The first-order chi connectivity index (χ1) is 14.2. The Balaban J connectivity index is 2.13. The van der Waals surface area contributed by atoms with Crippen molar-refractivity contribution in [2.75, 3.05) is 28.1 Å². The second-order valence-corrected chi connectivity index (χ2v) is 6.51. The average molecular weight is 398 g/mol. The molecule has 0 aliphatic carbocycles. The number of rotatable bonds is 6. The van der Waals surface area contributed by atoms with Crippen LogP contribution in [0.1, 0.15) is 11.1 Å². The smallest absolute Gasteiger partial charge is 0.231 e. The molecule has 4 rings (SSSR count). The van der Waals surface area contributed by atoms with Crippen LogP contribution in [0.15, 0.2) is 30.3 Å². The highest BCUT2D eigenvalue weighted by molar-refractivity contribution is 6.04. The quantitative estimate of drug-likeness (QED) is 0.659. The molecule has 0 bridgehead atoms. The summed E-state index contributed by atoms with van der Waals surface area (Å²) in [5.41, 5.74) is 2.78. The van der Waals surface area contributed by atoms with E-state index >= 15 is 0 Å². The van der Waals surface area contributed by atoms with Gasteiger partial charge >= 0.3 is 0 Å². The van der Waals surface area contributed by atoms with Gasteiger partial charge in [0, 0.05) is 5.39 Å². The molecule has 1 heterocycles. The van der Waals surface area contributed by atoms with Gasteiger partial charge in [-0.05, 0) is 51.9 Å². The molecule has 0 saturated heterocycles. The van der Waals surface area contributed by atoms with Crippen LogP contribution >= 0.6 is 0 Å². The van der Waals surface area contributed by atoms with E-state index in [-0.39, 0.29) is 20.0 Å². The summed E-state index contributed by atoms with van der Waals surface area (Å²) in [7, 11) is 4.65. The van der Waals surface area contributed by atoms with Crippen molar-refractivity contribution >= 4 is 10.8 Å². The number of hydrogen-bond donors (Lipinski definition) is 2. The predicted octanol–water partition coefficient (Wildman–Crippen LogP) is 3.25. The maximum Gasteiger partial charge on any atom is 0.231 e. The Morgan fingerprint density at radius 1 is 0.828 bits per heavy atom. The van der Waals surface area contributed by atoms with Crippen LogP contribution in [0.3, 0.4) is 0 Å². The lowest BCUT2D eigenvalue weighted by molar-refractivity contribution is 0.174. The summed E-state index contributed by atoms with van der Waals surface area (Å²) in [5.74, 6) is 2.74. The Morgan fingerprint density at radius 2 is 1.59 bits per heavy atom. The van der Waals surface area contributed by atoms with E-state index in [2.05, 4.69) is 0 Å². The molecule has 0 spiro atoms. The molecule has 7 nitrogen and oxygen atoms in total. The zero-order chi connectivity index (χ0) is 20.5. The summed E-state index contributed by atoms with van der Waals surface area (Å²) >= 11 is 0.